The summed E-state index contributed by atoms with van der Waals surface area (Å²) in [6.07, 6.45) is 3.93. The van der Waals surface area contributed by atoms with Crippen LogP contribution in [0.1, 0.15) is 48.5 Å². The molecule has 166 valence electrons. The number of halogens is 1. The number of hydrogen-bond acceptors (Lipinski definition) is 5. The van der Waals surface area contributed by atoms with E-state index in [9.17, 15) is 19.3 Å². The third-order valence-corrected chi connectivity index (χ3v) is 5.92. The lowest BCUT2D eigenvalue weighted by Crippen LogP contribution is -2.38. The average Bonchev–Trinajstić information content (AvgIpc) is 2.75. The van der Waals surface area contributed by atoms with Gasteiger partial charge in [-0.25, -0.2) is 4.39 Å². The van der Waals surface area contributed by atoms with Crippen LogP contribution in [0, 0.1) is 21.8 Å². The Kier molecular flexibility index (Phi) is 7.09. The highest BCUT2D eigenvalue weighted by molar-refractivity contribution is 6.02. The Morgan fingerprint density at radius 3 is 2.42 bits per heavy atom. The van der Waals surface area contributed by atoms with Gasteiger partial charge < -0.3 is 15.5 Å². The quantitative estimate of drug-likeness (QED) is 0.492. The van der Waals surface area contributed by atoms with E-state index < -0.39 is 4.92 Å². The second-order valence-electron chi connectivity index (χ2n) is 8.31. The van der Waals surface area contributed by atoms with Gasteiger partial charge in [-0.3, -0.25) is 14.9 Å². The highest BCUT2D eigenvalue weighted by atomic mass is 19.1. The number of nitro groups is 1. The first-order valence-electron chi connectivity index (χ1n) is 10.5. The molecule has 1 aliphatic rings. The first kappa shape index (κ1) is 22.5. The Labute approximate surface area is 181 Å². The molecule has 0 saturated heterocycles. The molecule has 31 heavy (non-hydrogen) atoms. The van der Waals surface area contributed by atoms with Crippen LogP contribution < -0.4 is 15.5 Å². The minimum Gasteiger partial charge on any atom is -0.383 e. The Morgan fingerprint density at radius 2 is 1.84 bits per heavy atom. The number of nitrogens with one attached hydrogen (secondary N) is 2. The molecule has 0 spiro atoms. The maximum atomic E-state index is 13.2. The van der Waals surface area contributed by atoms with Gasteiger partial charge in [-0.1, -0.05) is 19.1 Å². The van der Waals surface area contributed by atoms with E-state index in [-0.39, 0.29) is 29.0 Å². The van der Waals surface area contributed by atoms with Crippen molar-refractivity contribution in [1.82, 2.24) is 5.32 Å². The predicted octanol–water partition coefficient (Wildman–Crippen LogP) is 4.72. The molecule has 0 bridgehead atoms. The lowest BCUT2D eigenvalue weighted by Gasteiger charge is -2.28. The zero-order valence-electron chi connectivity index (χ0n) is 18.2. The second kappa shape index (κ2) is 9.76. The fourth-order valence-corrected chi connectivity index (χ4v) is 4.04. The van der Waals surface area contributed by atoms with Crippen LogP contribution in [0.2, 0.25) is 0 Å². The topological polar surface area (TPSA) is 87.5 Å². The molecular weight excluding hydrogens is 399 g/mol. The number of carbonyl (C=O) groups excluding carboxylic acids is 1. The molecule has 1 aliphatic carbocycles. The molecule has 0 aliphatic heterocycles. The summed E-state index contributed by atoms with van der Waals surface area (Å²) in [7, 11) is 3.41. The lowest BCUT2D eigenvalue weighted by atomic mass is 9.87. The minimum absolute atomic E-state index is 0.0713. The van der Waals surface area contributed by atoms with Crippen molar-refractivity contribution in [2.24, 2.45) is 5.92 Å². The fourth-order valence-electron chi connectivity index (χ4n) is 4.04. The highest BCUT2D eigenvalue weighted by Gasteiger charge is 2.26. The Hall–Kier alpha value is -3.16. The molecular formula is C23H29FN4O3. The van der Waals surface area contributed by atoms with Crippen molar-refractivity contribution < 1.29 is 14.1 Å². The third-order valence-electron chi connectivity index (χ3n) is 5.92. The molecule has 1 saturated carbocycles. The van der Waals surface area contributed by atoms with Gasteiger partial charge >= 0.3 is 0 Å². The average molecular weight is 429 g/mol. The monoisotopic (exact) mass is 428 g/mol. The fraction of sp³-hybridized carbons (Fsp3) is 0.435. The van der Waals surface area contributed by atoms with Gasteiger partial charge in [-0.15, -0.1) is 0 Å². The predicted molar refractivity (Wildman–Crippen MR) is 120 cm³/mol. The number of rotatable bonds is 7. The van der Waals surface area contributed by atoms with Crippen LogP contribution in [-0.4, -0.2) is 31.0 Å². The van der Waals surface area contributed by atoms with Crippen LogP contribution in [0.25, 0.3) is 0 Å². The van der Waals surface area contributed by atoms with Crippen molar-refractivity contribution in [2.75, 3.05) is 24.3 Å². The van der Waals surface area contributed by atoms with Gasteiger partial charge in [0.1, 0.15) is 11.5 Å². The molecule has 8 heteroatoms. The summed E-state index contributed by atoms with van der Waals surface area (Å²) in [6.45, 7) is 2.63. The van der Waals surface area contributed by atoms with E-state index in [0.29, 0.717) is 23.8 Å². The largest absolute Gasteiger partial charge is 0.383 e. The standard InChI is InChI=1S/C23H29FN4O3/c1-15-4-10-18(11-5-15)26-23(29)19-12-22(28(30)31)20(25-2)13-21(19)27(3)14-16-6-8-17(24)9-7-16/h6-9,12-13,15,18,25H,4-5,10-11,14H2,1-3H3,(H,26,29)/t15-,18-. The number of anilines is 2. The van der Waals surface area contributed by atoms with Crippen molar-refractivity contribution in [3.8, 4) is 0 Å². The Morgan fingerprint density at radius 1 is 1.19 bits per heavy atom. The van der Waals surface area contributed by atoms with E-state index in [2.05, 4.69) is 17.6 Å². The van der Waals surface area contributed by atoms with Gasteiger partial charge in [0.2, 0.25) is 0 Å². The van der Waals surface area contributed by atoms with Crippen LogP contribution in [0.4, 0.5) is 21.5 Å². The van der Waals surface area contributed by atoms with Crippen molar-refractivity contribution in [3.05, 3.63) is 63.5 Å². The number of benzene rings is 2. The molecule has 0 radical (unpaired) electrons. The summed E-state index contributed by atoms with van der Waals surface area (Å²) in [5, 5.41) is 17.5. The maximum Gasteiger partial charge on any atom is 0.293 e. The van der Waals surface area contributed by atoms with E-state index in [1.807, 2.05) is 11.9 Å². The second-order valence-corrected chi connectivity index (χ2v) is 8.31. The summed E-state index contributed by atoms with van der Waals surface area (Å²) in [5.74, 6) is 0.0221. The zero-order chi connectivity index (χ0) is 22.5. The number of hydrogen-bond donors (Lipinski definition) is 2. The molecule has 7 nitrogen and oxygen atoms in total. The SMILES string of the molecule is CNc1cc(N(C)Cc2ccc(F)cc2)c(C(=O)N[C@H]2CC[C@H](C)CC2)cc1[N+](=O)[O-]. The molecule has 3 rings (SSSR count). The minimum atomic E-state index is -0.491. The van der Waals surface area contributed by atoms with Gasteiger partial charge in [0, 0.05) is 32.7 Å². The van der Waals surface area contributed by atoms with Gasteiger partial charge in [0.15, 0.2) is 0 Å². The van der Waals surface area contributed by atoms with E-state index in [1.165, 1.54) is 18.2 Å². The van der Waals surface area contributed by atoms with E-state index in [1.54, 1.807) is 25.2 Å². The summed E-state index contributed by atoms with van der Waals surface area (Å²) in [4.78, 5) is 26.1. The zero-order valence-corrected chi connectivity index (χ0v) is 18.2. The number of nitro benzene ring substituents is 1. The summed E-state index contributed by atoms with van der Waals surface area (Å²) in [5.41, 5.74) is 1.87. The molecule has 1 fully saturated rings. The van der Waals surface area contributed by atoms with Gasteiger partial charge in [-0.2, -0.15) is 0 Å². The Bertz CT molecular complexity index is 941. The van der Waals surface area contributed by atoms with Crippen LogP contribution in [0.5, 0.6) is 0 Å². The molecule has 1 amide bonds. The van der Waals surface area contributed by atoms with Crippen molar-refractivity contribution in [1.29, 1.82) is 0 Å². The number of carbonyl (C=O) groups is 1. The summed E-state index contributed by atoms with van der Waals surface area (Å²) < 4.78 is 13.2. The molecule has 0 unspecified atom stereocenters. The molecule has 0 heterocycles. The van der Waals surface area contributed by atoms with Gasteiger partial charge in [-0.05, 0) is 55.4 Å². The third kappa shape index (κ3) is 5.51. The maximum absolute atomic E-state index is 13.2. The van der Waals surface area contributed by atoms with Crippen LogP contribution >= 0.6 is 0 Å². The first-order valence-corrected chi connectivity index (χ1v) is 10.5. The van der Waals surface area contributed by atoms with E-state index >= 15 is 0 Å². The van der Waals surface area contributed by atoms with E-state index in [0.717, 1.165) is 31.2 Å². The van der Waals surface area contributed by atoms with E-state index in [4.69, 9.17) is 0 Å². The normalized spacial score (nSPS) is 18.3. The lowest BCUT2D eigenvalue weighted by molar-refractivity contribution is -0.383. The Balaban J connectivity index is 1.92. The smallest absolute Gasteiger partial charge is 0.293 e. The van der Waals surface area contributed by atoms with Crippen LogP contribution in [-0.2, 0) is 6.54 Å². The molecule has 0 aromatic heterocycles. The van der Waals surface area contributed by atoms with Crippen LogP contribution in [0.15, 0.2) is 36.4 Å². The number of amides is 1. The van der Waals surface area contributed by atoms with Crippen molar-refractivity contribution in [2.45, 2.75) is 45.2 Å². The van der Waals surface area contributed by atoms with Crippen molar-refractivity contribution >= 4 is 23.0 Å². The van der Waals surface area contributed by atoms with Gasteiger partial charge in [0.25, 0.3) is 11.6 Å². The highest BCUT2D eigenvalue weighted by Crippen LogP contribution is 2.34. The summed E-state index contributed by atoms with van der Waals surface area (Å²) in [6, 6.07) is 9.16. The molecule has 2 N–H and O–H groups in total. The van der Waals surface area contributed by atoms with Crippen molar-refractivity contribution in [3.63, 3.8) is 0 Å². The number of nitrogens with zero attached hydrogens (tertiary/aromatic N) is 2. The molecule has 2 aromatic carbocycles. The van der Waals surface area contributed by atoms with Gasteiger partial charge in [0.05, 0.1) is 16.2 Å². The van der Waals surface area contributed by atoms with Crippen LogP contribution in [0.3, 0.4) is 0 Å². The summed E-state index contributed by atoms with van der Waals surface area (Å²) >= 11 is 0. The molecule has 0 atom stereocenters. The first-order chi connectivity index (χ1) is 14.8. The molecule has 2 aromatic rings.